The van der Waals surface area contributed by atoms with Gasteiger partial charge in [-0.25, -0.2) is 0 Å². The van der Waals surface area contributed by atoms with Crippen LogP contribution in [0.2, 0.25) is 0 Å². The van der Waals surface area contributed by atoms with Crippen molar-refractivity contribution in [1.82, 2.24) is 10.2 Å². The van der Waals surface area contributed by atoms with Crippen LogP contribution in [0.15, 0.2) is 0 Å². The summed E-state index contributed by atoms with van der Waals surface area (Å²) in [6, 6.07) is 0. The smallest absolute Gasteiger partial charge is 0.326 e. The summed E-state index contributed by atoms with van der Waals surface area (Å²) in [4.78, 5) is 14.4. The second kappa shape index (κ2) is 10.2. The largest absolute Gasteiger partial charge is 0.465 e. The maximum Gasteiger partial charge on any atom is 0.326 e. The second-order valence-electron chi connectivity index (χ2n) is 5.25. The zero-order valence-corrected chi connectivity index (χ0v) is 13.4. The van der Waals surface area contributed by atoms with Crippen molar-refractivity contribution in [2.45, 2.75) is 58.9 Å². The van der Waals surface area contributed by atoms with Crippen molar-refractivity contribution < 1.29 is 9.53 Å². The minimum absolute atomic E-state index is 0.143. The number of hydrogen-bond acceptors (Lipinski definition) is 4. The highest BCUT2D eigenvalue weighted by molar-refractivity contribution is 5.80. The van der Waals surface area contributed by atoms with E-state index in [-0.39, 0.29) is 5.97 Å². The lowest BCUT2D eigenvalue weighted by Gasteiger charge is -2.28. The molecule has 0 spiro atoms. The highest BCUT2D eigenvalue weighted by Crippen LogP contribution is 2.15. The Morgan fingerprint density at radius 3 is 2.16 bits per heavy atom. The Kier molecular flexibility index (Phi) is 9.88. The fourth-order valence-electron chi connectivity index (χ4n) is 2.24. The van der Waals surface area contributed by atoms with E-state index in [0.29, 0.717) is 6.61 Å². The van der Waals surface area contributed by atoms with Crippen LogP contribution in [0.1, 0.15) is 53.4 Å². The number of hydrogen-bond donors (Lipinski definition) is 1. The Bertz CT molecular complexity index is 240. The van der Waals surface area contributed by atoms with E-state index in [2.05, 4.69) is 24.1 Å². The predicted molar refractivity (Wildman–Crippen MR) is 80.4 cm³/mol. The van der Waals surface area contributed by atoms with Gasteiger partial charge in [0.1, 0.15) is 5.54 Å². The van der Waals surface area contributed by atoms with Gasteiger partial charge < -0.3 is 15.0 Å². The Morgan fingerprint density at radius 1 is 1.16 bits per heavy atom. The van der Waals surface area contributed by atoms with Crippen LogP contribution in [0.3, 0.4) is 0 Å². The first-order valence-corrected chi connectivity index (χ1v) is 7.62. The Labute approximate surface area is 118 Å². The Balaban J connectivity index is 4.21. The molecule has 0 heterocycles. The number of nitrogens with one attached hydrogen (secondary N) is 1. The molecular formula is C15H32N2O2. The number of carbonyl (C=O) groups is 1. The van der Waals surface area contributed by atoms with E-state index < -0.39 is 5.54 Å². The zero-order valence-electron chi connectivity index (χ0n) is 13.4. The third-order valence-corrected chi connectivity index (χ3v) is 3.51. The fourth-order valence-corrected chi connectivity index (χ4v) is 2.24. The van der Waals surface area contributed by atoms with E-state index in [1.54, 1.807) is 0 Å². The minimum atomic E-state index is -0.555. The van der Waals surface area contributed by atoms with Gasteiger partial charge >= 0.3 is 5.97 Å². The van der Waals surface area contributed by atoms with Gasteiger partial charge in [0.25, 0.3) is 0 Å². The van der Waals surface area contributed by atoms with Gasteiger partial charge in [-0.15, -0.1) is 0 Å². The molecule has 1 N–H and O–H groups in total. The molecule has 0 saturated carbocycles. The molecule has 1 unspecified atom stereocenters. The first-order chi connectivity index (χ1) is 9.03. The second-order valence-corrected chi connectivity index (χ2v) is 5.25. The summed E-state index contributed by atoms with van der Waals surface area (Å²) in [7, 11) is 1.83. The zero-order chi connectivity index (χ0) is 14.7. The molecule has 4 nitrogen and oxygen atoms in total. The molecule has 0 saturated heterocycles. The summed E-state index contributed by atoms with van der Waals surface area (Å²) >= 11 is 0. The molecule has 0 bridgehead atoms. The average molecular weight is 272 g/mol. The molecule has 0 aliphatic heterocycles. The number of carbonyl (C=O) groups excluding carboxylic acids is 1. The molecule has 0 aliphatic carbocycles. The highest BCUT2D eigenvalue weighted by Gasteiger charge is 2.32. The van der Waals surface area contributed by atoms with Gasteiger partial charge in [0, 0.05) is 0 Å². The third kappa shape index (κ3) is 6.92. The highest BCUT2D eigenvalue weighted by atomic mass is 16.5. The van der Waals surface area contributed by atoms with Crippen LogP contribution in [0, 0.1) is 0 Å². The lowest BCUT2D eigenvalue weighted by molar-refractivity contribution is -0.150. The molecule has 114 valence electrons. The summed E-state index contributed by atoms with van der Waals surface area (Å²) in [6.07, 6.45) is 4.19. The molecule has 19 heavy (non-hydrogen) atoms. The normalized spacial score (nSPS) is 14.4. The van der Waals surface area contributed by atoms with E-state index in [0.717, 1.165) is 32.5 Å². The molecule has 0 radical (unpaired) electrons. The molecular weight excluding hydrogens is 240 g/mol. The molecule has 0 aromatic carbocycles. The third-order valence-electron chi connectivity index (χ3n) is 3.51. The number of esters is 1. The molecule has 4 heteroatoms. The summed E-state index contributed by atoms with van der Waals surface area (Å²) in [6.45, 7) is 12.0. The number of rotatable bonds is 11. The van der Waals surface area contributed by atoms with Crippen molar-refractivity contribution in [2.24, 2.45) is 0 Å². The van der Waals surface area contributed by atoms with Gasteiger partial charge in [0.2, 0.25) is 0 Å². The molecule has 0 fully saturated rings. The van der Waals surface area contributed by atoms with Crippen LogP contribution >= 0.6 is 0 Å². The predicted octanol–water partition coefficient (Wildman–Crippen LogP) is 2.43. The van der Waals surface area contributed by atoms with Gasteiger partial charge in [-0.3, -0.25) is 4.79 Å². The van der Waals surface area contributed by atoms with Gasteiger partial charge in [-0.05, 0) is 66.2 Å². The van der Waals surface area contributed by atoms with Crippen LogP contribution in [0.4, 0.5) is 0 Å². The van der Waals surface area contributed by atoms with Gasteiger partial charge in [-0.1, -0.05) is 13.8 Å². The van der Waals surface area contributed by atoms with E-state index in [1.165, 1.54) is 12.8 Å². The molecule has 0 aromatic heterocycles. The standard InChI is InChI=1S/C15H32N2O2/c1-6-11-17(12-7-2)13-9-10-15(4,16-5)14(18)19-8-3/h16H,6-13H2,1-5H3. The van der Waals surface area contributed by atoms with E-state index in [9.17, 15) is 4.79 Å². The Morgan fingerprint density at radius 2 is 1.74 bits per heavy atom. The number of nitrogens with zero attached hydrogens (tertiary/aromatic N) is 1. The fraction of sp³-hybridized carbons (Fsp3) is 0.933. The quantitative estimate of drug-likeness (QED) is 0.587. The van der Waals surface area contributed by atoms with Crippen molar-refractivity contribution in [1.29, 1.82) is 0 Å². The maximum atomic E-state index is 11.9. The SMILES string of the molecule is CCCN(CCC)CCCC(C)(NC)C(=O)OCC. The summed E-state index contributed by atoms with van der Waals surface area (Å²) in [5, 5.41) is 3.11. The molecule has 0 aromatic rings. The van der Waals surface area contributed by atoms with E-state index >= 15 is 0 Å². The first-order valence-electron chi connectivity index (χ1n) is 7.62. The van der Waals surface area contributed by atoms with Crippen molar-refractivity contribution in [3.8, 4) is 0 Å². The van der Waals surface area contributed by atoms with Crippen molar-refractivity contribution in [3.63, 3.8) is 0 Å². The van der Waals surface area contributed by atoms with Gasteiger partial charge in [0.15, 0.2) is 0 Å². The molecule has 0 rings (SSSR count). The molecule has 0 amide bonds. The lowest BCUT2D eigenvalue weighted by Crippen LogP contribution is -2.49. The first kappa shape index (κ1) is 18.4. The van der Waals surface area contributed by atoms with E-state index in [1.807, 2.05) is 20.9 Å². The van der Waals surface area contributed by atoms with Crippen LogP contribution in [-0.4, -0.2) is 49.7 Å². The summed E-state index contributed by atoms with van der Waals surface area (Å²) in [5.41, 5.74) is -0.555. The minimum Gasteiger partial charge on any atom is -0.465 e. The van der Waals surface area contributed by atoms with Crippen LogP contribution in [0.5, 0.6) is 0 Å². The number of ether oxygens (including phenoxy) is 1. The van der Waals surface area contributed by atoms with Crippen molar-refractivity contribution >= 4 is 5.97 Å². The topological polar surface area (TPSA) is 41.6 Å². The maximum absolute atomic E-state index is 11.9. The van der Waals surface area contributed by atoms with Crippen LogP contribution in [-0.2, 0) is 9.53 Å². The lowest BCUT2D eigenvalue weighted by atomic mass is 9.96. The summed E-state index contributed by atoms with van der Waals surface area (Å²) < 4.78 is 5.14. The number of likely N-dealkylation sites (N-methyl/N-ethyl adjacent to an activating group) is 1. The van der Waals surface area contributed by atoms with Gasteiger partial charge in [-0.2, -0.15) is 0 Å². The van der Waals surface area contributed by atoms with Crippen LogP contribution < -0.4 is 5.32 Å². The molecule has 0 aliphatic rings. The van der Waals surface area contributed by atoms with Crippen molar-refractivity contribution in [2.75, 3.05) is 33.3 Å². The molecule has 1 atom stereocenters. The monoisotopic (exact) mass is 272 g/mol. The van der Waals surface area contributed by atoms with Crippen molar-refractivity contribution in [3.05, 3.63) is 0 Å². The van der Waals surface area contributed by atoms with E-state index in [4.69, 9.17) is 4.74 Å². The Hall–Kier alpha value is -0.610. The van der Waals surface area contributed by atoms with Gasteiger partial charge in [0.05, 0.1) is 6.61 Å². The average Bonchev–Trinajstić information content (AvgIpc) is 2.39. The summed E-state index contributed by atoms with van der Waals surface area (Å²) in [5.74, 6) is -0.143. The van der Waals surface area contributed by atoms with Crippen LogP contribution in [0.25, 0.3) is 0 Å².